The van der Waals surface area contributed by atoms with Crippen LogP contribution in [-0.2, 0) is 4.74 Å². The third-order valence-electron chi connectivity index (χ3n) is 3.64. The highest BCUT2D eigenvalue weighted by atomic mass is 16.5. The van der Waals surface area contributed by atoms with Gasteiger partial charge in [0.05, 0.1) is 26.9 Å². The second-order valence-electron chi connectivity index (χ2n) is 5.18. The molecule has 0 amide bonds. The quantitative estimate of drug-likeness (QED) is 0.756. The van der Waals surface area contributed by atoms with Crippen LogP contribution in [-0.4, -0.2) is 52.0 Å². The standard InChI is InChI=1S/C16H28N2O3/c1-12(2)18(8-9-19-3)15(11-17)14-7-6-13(20-4)10-16(14)21-5/h6-7,10,12,15H,8-9,11,17H2,1-5H3. The number of hydrogen-bond donors (Lipinski definition) is 1. The largest absolute Gasteiger partial charge is 0.497 e. The Labute approximate surface area is 128 Å². The first-order chi connectivity index (χ1) is 10.1. The first kappa shape index (κ1) is 17.8. The zero-order valence-corrected chi connectivity index (χ0v) is 13.8. The molecule has 0 aliphatic heterocycles. The molecule has 120 valence electrons. The molecule has 1 aromatic carbocycles. The molecule has 0 fully saturated rings. The highest BCUT2D eigenvalue weighted by Gasteiger charge is 2.24. The summed E-state index contributed by atoms with van der Waals surface area (Å²) in [6, 6.07) is 6.31. The van der Waals surface area contributed by atoms with Gasteiger partial charge in [0.15, 0.2) is 0 Å². The van der Waals surface area contributed by atoms with Gasteiger partial charge in [0.1, 0.15) is 11.5 Å². The van der Waals surface area contributed by atoms with Crippen LogP contribution in [0.25, 0.3) is 0 Å². The minimum Gasteiger partial charge on any atom is -0.497 e. The Balaban J connectivity index is 3.11. The smallest absolute Gasteiger partial charge is 0.127 e. The highest BCUT2D eigenvalue weighted by molar-refractivity contribution is 5.42. The molecule has 0 bridgehead atoms. The predicted molar refractivity (Wildman–Crippen MR) is 85.1 cm³/mol. The van der Waals surface area contributed by atoms with E-state index in [0.717, 1.165) is 23.6 Å². The van der Waals surface area contributed by atoms with E-state index in [9.17, 15) is 0 Å². The molecule has 0 aliphatic rings. The van der Waals surface area contributed by atoms with Gasteiger partial charge in [0.25, 0.3) is 0 Å². The molecule has 0 heterocycles. The molecule has 0 saturated heterocycles. The lowest BCUT2D eigenvalue weighted by Gasteiger charge is -2.35. The summed E-state index contributed by atoms with van der Waals surface area (Å²) >= 11 is 0. The van der Waals surface area contributed by atoms with Crippen molar-refractivity contribution in [3.63, 3.8) is 0 Å². The van der Waals surface area contributed by atoms with Crippen molar-refractivity contribution in [3.8, 4) is 11.5 Å². The first-order valence-corrected chi connectivity index (χ1v) is 7.25. The van der Waals surface area contributed by atoms with Crippen LogP contribution in [0.4, 0.5) is 0 Å². The van der Waals surface area contributed by atoms with Gasteiger partial charge >= 0.3 is 0 Å². The van der Waals surface area contributed by atoms with E-state index in [1.54, 1.807) is 21.3 Å². The maximum atomic E-state index is 6.04. The molecule has 1 unspecified atom stereocenters. The number of rotatable bonds is 9. The molecule has 0 radical (unpaired) electrons. The normalized spacial score (nSPS) is 12.8. The summed E-state index contributed by atoms with van der Waals surface area (Å²) in [4.78, 5) is 2.33. The number of ether oxygens (including phenoxy) is 3. The first-order valence-electron chi connectivity index (χ1n) is 7.25. The molecule has 21 heavy (non-hydrogen) atoms. The summed E-state index contributed by atoms with van der Waals surface area (Å²) < 4.78 is 16.0. The van der Waals surface area contributed by atoms with Crippen molar-refractivity contribution in [2.75, 3.05) is 41.0 Å². The molecule has 5 heteroatoms. The Kier molecular flexibility index (Phi) is 7.50. The van der Waals surface area contributed by atoms with Crippen LogP contribution in [0.5, 0.6) is 11.5 Å². The van der Waals surface area contributed by atoms with Gasteiger partial charge in [-0.15, -0.1) is 0 Å². The molecule has 0 spiro atoms. The molecule has 1 aromatic rings. The van der Waals surface area contributed by atoms with E-state index in [1.165, 1.54) is 0 Å². The van der Waals surface area contributed by atoms with Gasteiger partial charge < -0.3 is 19.9 Å². The molecule has 1 rings (SSSR count). The maximum absolute atomic E-state index is 6.04. The molecular weight excluding hydrogens is 268 g/mol. The average Bonchev–Trinajstić information content (AvgIpc) is 2.50. The molecule has 5 nitrogen and oxygen atoms in total. The van der Waals surface area contributed by atoms with Crippen molar-refractivity contribution in [1.82, 2.24) is 4.90 Å². The summed E-state index contributed by atoms with van der Waals surface area (Å²) in [6.07, 6.45) is 0. The SMILES string of the molecule is COCCN(C(C)C)C(CN)c1ccc(OC)cc1OC. The lowest BCUT2D eigenvalue weighted by atomic mass is 10.0. The third-order valence-corrected chi connectivity index (χ3v) is 3.64. The summed E-state index contributed by atoms with van der Waals surface area (Å²) in [5.41, 5.74) is 7.11. The average molecular weight is 296 g/mol. The number of benzene rings is 1. The van der Waals surface area contributed by atoms with Gasteiger partial charge in [-0.2, -0.15) is 0 Å². The Bertz CT molecular complexity index is 424. The molecule has 0 aliphatic carbocycles. The summed E-state index contributed by atoms with van der Waals surface area (Å²) in [6.45, 7) is 6.34. The van der Waals surface area contributed by atoms with Crippen LogP contribution >= 0.6 is 0 Å². The summed E-state index contributed by atoms with van der Waals surface area (Å²) in [5, 5.41) is 0. The minimum absolute atomic E-state index is 0.0843. The number of hydrogen-bond acceptors (Lipinski definition) is 5. The molecule has 0 saturated carbocycles. The maximum Gasteiger partial charge on any atom is 0.127 e. The number of nitrogens with zero attached hydrogens (tertiary/aromatic N) is 1. The molecule has 2 N–H and O–H groups in total. The van der Waals surface area contributed by atoms with Crippen molar-refractivity contribution in [2.24, 2.45) is 5.73 Å². The van der Waals surface area contributed by atoms with Gasteiger partial charge in [-0.1, -0.05) is 6.07 Å². The van der Waals surface area contributed by atoms with Crippen molar-refractivity contribution < 1.29 is 14.2 Å². The van der Waals surface area contributed by atoms with Crippen LogP contribution in [0.2, 0.25) is 0 Å². The topological polar surface area (TPSA) is 57.0 Å². The lowest BCUT2D eigenvalue weighted by molar-refractivity contribution is 0.0968. The Morgan fingerprint density at radius 3 is 2.33 bits per heavy atom. The molecule has 0 aromatic heterocycles. The van der Waals surface area contributed by atoms with Crippen LogP contribution in [0.3, 0.4) is 0 Å². The fraction of sp³-hybridized carbons (Fsp3) is 0.625. The number of methoxy groups -OCH3 is 3. The zero-order chi connectivity index (χ0) is 15.8. The van der Waals surface area contributed by atoms with E-state index >= 15 is 0 Å². The molecular formula is C16H28N2O3. The Morgan fingerprint density at radius 2 is 1.86 bits per heavy atom. The van der Waals surface area contributed by atoms with E-state index in [1.807, 2.05) is 18.2 Å². The fourth-order valence-corrected chi connectivity index (χ4v) is 2.51. The number of nitrogens with two attached hydrogens (primary N) is 1. The summed E-state index contributed by atoms with van der Waals surface area (Å²) in [7, 11) is 5.03. The van der Waals surface area contributed by atoms with Gasteiger partial charge in [0, 0.05) is 37.9 Å². The monoisotopic (exact) mass is 296 g/mol. The van der Waals surface area contributed by atoms with Crippen molar-refractivity contribution >= 4 is 0 Å². The predicted octanol–water partition coefficient (Wildman–Crippen LogP) is 2.06. The van der Waals surface area contributed by atoms with E-state index < -0.39 is 0 Å². The second kappa shape index (κ2) is 8.87. The molecule has 1 atom stereocenters. The highest BCUT2D eigenvalue weighted by Crippen LogP contribution is 2.33. The van der Waals surface area contributed by atoms with Gasteiger partial charge in [-0.25, -0.2) is 0 Å². The van der Waals surface area contributed by atoms with E-state index in [0.29, 0.717) is 19.2 Å². The lowest BCUT2D eigenvalue weighted by Crippen LogP contribution is -2.40. The van der Waals surface area contributed by atoms with Gasteiger partial charge in [-0.05, 0) is 19.9 Å². The van der Waals surface area contributed by atoms with Crippen LogP contribution in [0, 0.1) is 0 Å². The third kappa shape index (κ3) is 4.59. The van der Waals surface area contributed by atoms with Crippen LogP contribution in [0.1, 0.15) is 25.5 Å². The Hall–Kier alpha value is -1.30. The van der Waals surface area contributed by atoms with E-state index in [4.69, 9.17) is 19.9 Å². The summed E-state index contributed by atoms with van der Waals surface area (Å²) in [5.74, 6) is 1.58. The van der Waals surface area contributed by atoms with Crippen LogP contribution in [0.15, 0.2) is 18.2 Å². The van der Waals surface area contributed by atoms with Crippen molar-refractivity contribution in [3.05, 3.63) is 23.8 Å². The Morgan fingerprint density at radius 1 is 1.14 bits per heavy atom. The van der Waals surface area contributed by atoms with Crippen LogP contribution < -0.4 is 15.2 Å². The van der Waals surface area contributed by atoms with Gasteiger partial charge in [-0.3, -0.25) is 4.90 Å². The fourth-order valence-electron chi connectivity index (χ4n) is 2.51. The van der Waals surface area contributed by atoms with Gasteiger partial charge in [0.2, 0.25) is 0 Å². The van der Waals surface area contributed by atoms with E-state index in [2.05, 4.69) is 18.7 Å². The van der Waals surface area contributed by atoms with Crippen molar-refractivity contribution in [2.45, 2.75) is 25.9 Å². The second-order valence-corrected chi connectivity index (χ2v) is 5.18. The van der Waals surface area contributed by atoms with Crippen molar-refractivity contribution in [1.29, 1.82) is 0 Å². The van der Waals surface area contributed by atoms with E-state index in [-0.39, 0.29) is 6.04 Å². The minimum atomic E-state index is 0.0843. The zero-order valence-electron chi connectivity index (χ0n) is 13.8.